The van der Waals surface area contributed by atoms with Gasteiger partial charge in [0, 0.05) is 6.04 Å². The van der Waals surface area contributed by atoms with Crippen molar-refractivity contribution < 1.29 is 22.4 Å². The molecule has 1 aromatic heterocycles. The van der Waals surface area contributed by atoms with Crippen LogP contribution in [0.3, 0.4) is 0 Å². The Labute approximate surface area is 189 Å². The Morgan fingerprint density at radius 1 is 1.12 bits per heavy atom. The maximum absolute atomic E-state index is 13.2. The molecule has 8 nitrogen and oxygen atoms in total. The van der Waals surface area contributed by atoms with Crippen LogP contribution in [0.2, 0.25) is 0 Å². The van der Waals surface area contributed by atoms with Crippen LogP contribution >= 0.6 is 0 Å². The summed E-state index contributed by atoms with van der Waals surface area (Å²) in [5.41, 5.74) is 0. The highest BCUT2D eigenvalue weighted by Crippen LogP contribution is 2.20. The van der Waals surface area contributed by atoms with Crippen molar-refractivity contribution in [2.24, 2.45) is 0 Å². The number of nitrogens with zero attached hydrogens (tertiary/aromatic N) is 1. The van der Waals surface area contributed by atoms with E-state index in [0.717, 1.165) is 25.7 Å². The molecule has 1 aliphatic carbocycles. The lowest BCUT2D eigenvalue weighted by atomic mass is 10.1. The van der Waals surface area contributed by atoms with Crippen molar-refractivity contribution in [1.29, 1.82) is 0 Å². The smallest absolute Gasteiger partial charge is 0.243 e. The molecular weight excluding hydrogens is 430 g/mol. The number of carbonyl (C=O) groups excluding carboxylic acids is 2. The van der Waals surface area contributed by atoms with Crippen LogP contribution in [0.4, 0.5) is 0 Å². The van der Waals surface area contributed by atoms with Gasteiger partial charge in [0.1, 0.15) is 11.8 Å². The lowest BCUT2D eigenvalue weighted by Crippen LogP contribution is -2.53. The topological polar surface area (TPSA) is 109 Å². The summed E-state index contributed by atoms with van der Waals surface area (Å²) in [5.74, 6) is -0.162. The van der Waals surface area contributed by atoms with E-state index >= 15 is 0 Å². The normalized spacial score (nSPS) is 15.4. The second kappa shape index (κ2) is 11.3. The molecule has 9 heteroatoms. The summed E-state index contributed by atoms with van der Waals surface area (Å²) in [7, 11) is -3.85. The third-order valence-corrected chi connectivity index (χ3v) is 7.05. The van der Waals surface area contributed by atoms with Crippen molar-refractivity contribution in [2.75, 3.05) is 6.54 Å². The molecule has 0 saturated heterocycles. The Morgan fingerprint density at radius 3 is 2.47 bits per heavy atom. The molecule has 0 unspecified atom stereocenters. The van der Waals surface area contributed by atoms with Crippen LogP contribution in [0.1, 0.15) is 51.2 Å². The zero-order chi connectivity index (χ0) is 23.0. The highest BCUT2D eigenvalue weighted by Gasteiger charge is 2.32. The standard InChI is InChI=1S/C23H31N3O5S/c1-2-9-21(23(28)25-18-10-6-7-11-18)26(17-19-12-8-15-31-19)22(27)16-24-32(29,30)20-13-4-3-5-14-20/h3-5,8,12-15,18,21,24H,2,6-7,9-11,16-17H2,1H3,(H,25,28)/t21-/m0/s1. The molecule has 1 aliphatic rings. The number of furan rings is 1. The van der Waals surface area contributed by atoms with Gasteiger partial charge in [-0.1, -0.05) is 44.4 Å². The third kappa shape index (κ3) is 6.43. The summed E-state index contributed by atoms with van der Waals surface area (Å²) in [5, 5.41) is 3.07. The predicted molar refractivity (Wildman–Crippen MR) is 120 cm³/mol. The first-order valence-corrected chi connectivity index (χ1v) is 12.6. The molecule has 1 aromatic carbocycles. The Hall–Kier alpha value is -2.65. The number of amides is 2. The molecule has 0 aliphatic heterocycles. The van der Waals surface area contributed by atoms with Crippen molar-refractivity contribution in [3.8, 4) is 0 Å². The first-order valence-electron chi connectivity index (χ1n) is 11.1. The van der Waals surface area contributed by atoms with Crippen molar-refractivity contribution in [2.45, 2.75) is 69.0 Å². The van der Waals surface area contributed by atoms with Crippen molar-refractivity contribution in [3.63, 3.8) is 0 Å². The molecule has 0 radical (unpaired) electrons. The second-order valence-corrected chi connectivity index (χ2v) is 9.80. The van der Waals surface area contributed by atoms with E-state index in [1.54, 1.807) is 30.3 Å². The van der Waals surface area contributed by atoms with E-state index in [2.05, 4.69) is 10.0 Å². The highest BCUT2D eigenvalue weighted by molar-refractivity contribution is 7.89. The molecule has 1 saturated carbocycles. The summed E-state index contributed by atoms with van der Waals surface area (Å²) < 4.78 is 32.9. The maximum Gasteiger partial charge on any atom is 0.243 e. The number of sulfonamides is 1. The van der Waals surface area contributed by atoms with Gasteiger partial charge >= 0.3 is 0 Å². The van der Waals surface area contributed by atoms with Crippen LogP contribution in [0, 0.1) is 0 Å². The number of nitrogens with one attached hydrogen (secondary N) is 2. The Kier molecular flexibility index (Phi) is 8.46. The molecule has 0 bridgehead atoms. The van der Waals surface area contributed by atoms with Gasteiger partial charge in [-0.2, -0.15) is 0 Å². The quantitative estimate of drug-likeness (QED) is 0.535. The molecular formula is C23H31N3O5S. The zero-order valence-electron chi connectivity index (χ0n) is 18.3. The van der Waals surface area contributed by atoms with E-state index in [1.165, 1.54) is 23.3 Å². The Morgan fingerprint density at radius 2 is 1.84 bits per heavy atom. The van der Waals surface area contributed by atoms with Crippen molar-refractivity contribution in [3.05, 3.63) is 54.5 Å². The van der Waals surface area contributed by atoms with Gasteiger partial charge < -0.3 is 14.6 Å². The monoisotopic (exact) mass is 461 g/mol. The van der Waals surface area contributed by atoms with E-state index in [9.17, 15) is 18.0 Å². The largest absolute Gasteiger partial charge is 0.467 e. The molecule has 174 valence electrons. The lowest BCUT2D eigenvalue weighted by Gasteiger charge is -2.31. The maximum atomic E-state index is 13.2. The average Bonchev–Trinajstić information content (AvgIpc) is 3.49. The molecule has 1 fully saturated rings. The molecule has 3 rings (SSSR count). The predicted octanol–water partition coefficient (Wildman–Crippen LogP) is 2.81. The minimum atomic E-state index is -3.85. The van der Waals surface area contributed by atoms with Crippen LogP contribution < -0.4 is 10.0 Å². The van der Waals surface area contributed by atoms with E-state index in [-0.39, 0.29) is 23.4 Å². The zero-order valence-corrected chi connectivity index (χ0v) is 19.1. The summed E-state index contributed by atoms with van der Waals surface area (Å²) in [4.78, 5) is 27.8. The molecule has 0 spiro atoms. The molecule has 32 heavy (non-hydrogen) atoms. The first-order chi connectivity index (χ1) is 15.4. The Balaban J connectivity index is 1.76. The third-order valence-electron chi connectivity index (χ3n) is 5.64. The van der Waals surface area contributed by atoms with Crippen LogP contribution in [-0.2, 0) is 26.2 Å². The van der Waals surface area contributed by atoms with Gasteiger partial charge in [-0.25, -0.2) is 13.1 Å². The minimum absolute atomic E-state index is 0.0782. The fourth-order valence-corrected chi connectivity index (χ4v) is 4.95. The van der Waals surface area contributed by atoms with E-state index < -0.39 is 28.5 Å². The lowest BCUT2D eigenvalue weighted by molar-refractivity contribution is -0.141. The van der Waals surface area contributed by atoms with Crippen LogP contribution in [0.5, 0.6) is 0 Å². The molecule has 2 amide bonds. The number of benzene rings is 1. The first kappa shape index (κ1) is 24.0. The fourth-order valence-electron chi connectivity index (χ4n) is 3.95. The van der Waals surface area contributed by atoms with Crippen LogP contribution in [0.15, 0.2) is 58.0 Å². The van der Waals surface area contributed by atoms with Gasteiger partial charge in [-0.15, -0.1) is 0 Å². The van der Waals surface area contributed by atoms with Crippen molar-refractivity contribution >= 4 is 21.8 Å². The molecule has 2 aromatic rings. The van der Waals surface area contributed by atoms with E-state index in [0.29, 0.717) is 18.6 Å². The number of rotatable bonds is 11. The Bertz CT molecular complexity index is 970. The van der Waals surface area contributed by atoms with Gasteiger partial charge in [0.15, 0.2) is 0 Å². The van der Waals surface area contributed by atoms with E-state index in [4.69, 9.17) is 4.42 Å². The fraction of sp³-hybridized carbons (Fsp3) is 0.478. The van der Waals surface area contributed by atoms with Crippen molar-refractivity contribution in [1.82, 2.24) is 14.9 Å². The average molecular weight is 462 g/mol. The molecule has 1 atom stereocenters. The van der Waals surface area contributed by atoms with Gasteiger partial charge in [0.25, 0.3) is 0 Å². The van der Waals surface area contributed by atoms with Crippen LogP contribution in [0.25, 0.3) is 0 Å². The van der Waals surface area contributed by atoms with Gasteiger partial charge in [-0.05, 0) is 43.5 Å². The summed E-state index contributed by atoms with van der Waals surface area (Å²) in [6, 6.07) is 10.7. The number of carbonyl (C=O) groups is 2. The summed E-state index contributed by atoms with van der Waals surface area (Å²) in [6.07, 6.45) is 6.71. The number of hydrogen-bond acceptors (Lipinski definition) is 5. The molecule has 2 N–H and O–H groups in total. The van der Waals surface area contributed by atoms with Gasteiger partial charge in [0.05, 0.1) is 24.2 Å². The van der Waals surface area contributed by atoms with Crippen LogP contribution in [-0.4, -0.2) is 43.8 Å². The van der Waals surface area contributed by atoms with E-state index in [1.807, 2.05) is 6.92 Å². The number of hydrogen-bond donors (Lipinski definition) is 2. The second-order valence-electron chi connectivity index (χ2n) is 8.03. The summed E-state index contributed by atoms with van der Waals surface area (Å²) >= 11 is 0. The van der Waals surface area contributed by atoms with Gasteiger partial charge in [0.2, 0.25) is 21.8 Å². The summed E-state index contributed by atoms with van der Waals surface area (Å²) in [6.45, 7) is 1.58. The SMILES string of the molecule is CCC[C@@H](C(=O)NC1CCCC1)N(Cc1ccco1)C(=O)CNS(=O)(=O)c1ccccc1. The minimum Gasteiger partial charge on any atom is -0.467 e. The highest BCUT2D eigenvalue weighted by atomic mass is 32.2. The molecule has 1 heterocycles. The van der Waals surface area contributed by atoms with Gasteiger partial charge in [-0.3, -0.25) is 9.59 Å².